The molecule has 0 spiro atoms. The smallest absolute Gasteiger partial charge is 0.267 e. The maximum absolute atomic E-state index is 12.1. The molecule has 0 atom stereocenters. The topological polar surface area (TPSA) is 71.1 Å². The zero-order valence-electron chi connectivity index (χ0n) is 10.4. The average molecular weight is 572 g/mol. The lowest BCUT2D eigenvalue weighted by atomic mass is 10.2. The maximum atomic E-state index is 12.1. The van der Waals surface area contributed by atoms with Crippen LogP contribution in [0.2, 0.25) is 0 Å². The SMILES string of the molecule is O=C(NNC(=O)c1cc(I)cc(I)c1Br)c1ccncc1. The van der Waals surface area contributed by atoms with Crippen LogP contribution >= 0.6 is 61.1 Å². The number of hydrogen-bond acceptors (Lipinski definition) is 3. The van der Waals surface area contributed by atoms with Crippen molar-refractivity contribution in [1.82, 2.24) is 15.8 Å². The number of benzene rings is 1. The summed E-state index contributed by atoms with van der Waals surface area (Å²) >= 11 is 7.64. The van der Waals surface area contributed by atoms with Crippen molar-refractivity contribution in [1.29, 1.82) is 0 Å². The van der Waals surface area contributed by atoms with E-state index in [0.717, 1.165) is 7.14 Å². The molecule has 0 unspecified atom stereocenters. The van der Waals surface area contributed by atoms with E-state index in [1.165, 1.54) is 12.4 Å². The van der Waals surface area contributed by atoms with Crippen LogP contribution < -0.4 is 10.9 Å². The van der Waals surface area contributed by atoms with Crippen molar-refractivity contribution in [3.05, 3.63) is 59.4 Å². The van der Waals surface area contributed by atoms with Crippen molar-refractivity contribution in [2.24, 2.45) is 0 Å². The van der Waals surface area contributed by atoms with Crippen molar-refractivity contribution in [2.45, 2.75) is 0 Å². The van der Waals surface area contributed by atoms with Crippen molar-refractivity contribution in [2.75, 3.05) is 0 Å². The molecule has 0 aliphatic rings. The molecule has 0 aliphatic heterocycles. The molecule has 1 aromatic carbocycles. The van der Waals surface area contributed by atoms with Crippen LogP contribution in [-0.2, 0) is 0 Å². The van der Waals surface area contributed by atoms with Gasteiger partial charge in [-0.2, -0.15) is 0 Å². The normalized spacial score (nSPS) is 10.0. The Hall–Kier alpha value is -0.750. The molecule has 0 fully saturated rings. The zero-order chi connectivity index (χ0) is 15.4. The Labute approximate surface area is 156 Å². The zero-order valence-corrected chi connectivity index (χ0v) is 16.3. The Morgan fingerprint density at radius 3 is 2.33 bits per heavy atom. The van der Waals surface area contributed by atoms with Gasteiger partial charge in [-0.1, -0.05) is 0 Å². The highest BCUT2D eigenvalue weighted by atomic mass is 127. The summed E-state index contributed by atoms with van der Waals surface area (Å²) in [5.74, 6) is -0.789. The quantitative estimate of drug-likeness (QED) is 0.331. The van der Waals surface area contributed by atoms with Gasteiger partial charge in [-0.3, -0.25) is 25.4 Å². The Morgan fingerprint density at radius 1 is 1.05 bits per heavy atom. The van der Waals surface area contributed by atoms with Crippen molar-refractivity contribution in [3.8, 4) is 0 Å². The van der Waals surface area contributed by atoms with Crippen LogP contribution in [-0.4, -0.2) is 16.8 Å². The lowest BCUT2D eigenvalue weighted by Crippen LogP contribution is -2.41. The summed E-state index contributed by atoms with van der Waals surface area (Å²) in [7, 11) is 0. The summed E-state index contributed by atoms with van der Waals surface area (Å²) in [6.45, 7) is 0. The van der Waals surface area contributed by atoms with Gasteiger partial charge in [-0.25, -0.2) is 0 Å². The van der Waals surface area contributed by atoms with Crippen LogP contribution in [0.25, 0.3) is 0 Å². The third-order valence-electron chi connectivity index (χ3n) is 2.47. The predicted octanol–water partition coefficient (Wildman–Crippen LogP) is 3.13. The van der Waals surface area contributed by atoms with E-state index in [-0.39, 0.29) is 5.91 Å². The minimum Gasteiger partial charge on any atom is -0.267 e. The first-order chi connectivity index (χ1) is 9.99. The average Bonchev–Trinajstić information content (AvgIpc) is 2.49. The van der Waals surface area contributed by atoms with Gasteiger partial charge in [0.25, 0.3) is 11.8 Å². The summed E-state index contributed by atoms with van der Waals surface area (Å²) in [6, 6.07) is 6.80. The summed E-state index contributed by atoms with van der Waals surface area (Å²) in [6.07, 6.45) is 3.02. The van der Waals surface area contributed by atoms with E-state index in [9.17, 15) is 9.59 Å². The van der Waals surface area contributed by atoms with Gasteiger partial charge < -0.3 is 0 Å². The molecule has 21 heavy (non-hydrogen) atoms. The highest BCUT2D eigenvalue weighted by Crippen LogP contribution is 2.26. The van der Waals surface area contributed by atoms with Crippen molar-refractivity contribution in [3.63, 3.8) is 0 Å². The van der Waals surface area contributed by atoms with Gasteiger partial charge in [0, 0.05) is 29.6 Å². The number of aromatic nitrogens is 1. The molecule has 0 bridgehead atoms. The molecule has 1 heterocycles. The largest absolute Gasteiger partial charge is 0.270 e. The van der Waals surface area contributed by atoms with Gasteiger partial charge in [-0.15, -0.1) is 0 Å². The van der Waals surface area contributed by atoms with Gasteiger partial charge in [0.15, 0.2) is 0 Å². The number of carbonyl (C=O) groups excluding carboxylic acids is 2. The molecule has 2 aromatic rings. The number of halogens is 3. The molecular weight excluding hydrogens is 564 g/mol. The maximum Gasteiger partial charge on any atom is 0.270 e. The Morgan fingerprint density at radius 2 is 1.67 bits per heavy atom. The monoisotopic (exact) mass is 571 g/mol. The fourth-order valence-corrected chi connectivity index (χ4v) is 3.73. The highest BCUT2D eigenvalue weighted by molar-refractivity contribution is 14.1. The number of hydrogen-bond donors (Lipinski definition) is 2. The number of carbonyl (C=O) groups is 2. The summed E-state index contributed by atoms with van der Waals surface area (Å²) in [5, 5.41) is 0. The third-order valence-corrected chi connectivity index (χ3v) is 5.54. The molecule has 2 amide bonds. The van der Waals surface area contributed by atoms with E-state index in [2.05, 4.69) is 76.9 Å². The molecular formula is C13H8BrI2N3O2. The van der Waals surface area contributed by atoms with Gasteiger partial charge in [0.05, 0.1) is 5.56 Å². The van der Waals surface area contributed by atoms with E-state index in [1.54, 1.807) is 18.2 Å². The van der Waals surface area contributed by atoms with Crippen LogP contribution in [0.15, 0.2) is 41.1 Å². The van der Waals surface area contributed by atoms with Gasteiger partial charge in [0.2, 0.25) is 0 Å². The van der Waals surface area contributed by atoms with E-state index in [4.69, 9.17) is 0 Å². The van der Waals surface area contributed by atoms with Crippen LogP contribution in [0, 0.1) is 7.14 Å². The van der Waals surface area contributed by atoms with Gasteiger partial charge in [-0.05, 0) is 85.4 Å². The minimum atomic E-state index is -0.401. The predicted molar refractivity (Wildman–Crippen MR) is 98.7 cm³/mol. The number of pyridine rings is 1. The van der Waals surface area contributed by atoms with E-state index in [0.29, 0.717) is 15.6 Å². The third kappa shape index (κ3) is 4.36. The first-order valence-corrected chi connectivity index (χ1v) is 8.59. The molecule has 0 radical (unpaired) electrons. The molecule has 1 aromatic heterocycles. The van der Waals surface area contributed by atoms with Crippen LogP contribution in [0.5, 0.6) is 0 Å². The number of rotatable bonds is 2. The van der Waals surface area contributed by atoms with E-state index in [1.807, 2.05) is 6.07 Å². The fraction of sp³-hybridized carbons (Fsp3) is 0. The van der Waals surface area contributed by atoms with Crippen LogP contribution in [0.1, 0.15) is 20.7 Å². The standard InChI is InChI=1S/C13H8BrI2N3O2/c14-11-9(5-8(15)6-10(11)16)13(21)19-18-12(20)7-1-3-17-4-2-7/h1-6H,(H,18,20)(H,19,21). The van der Waals surface area contributed by atoms with Gasteiger partial charge >= 0.3 is 0 Å². The molecule has 108 valence electrons. The molecule has 2 N–H and O–H groups in total. The van der Waals surface area contributed by atoms with Crippen molar-refractivity contribution >= 4 is 72.9 Å². The second-order valence-electron chi connectivity index (χ2n) is 3.89. The highest BCUT2D eigenvalue weighted by Gasteiger charge is 2.14. The minimum absolute atomic E-state index is 0.388. The first-order valence-electron chi connectivity index (χ1n) is 5.64. The number of hydrazine groups is 1. The second kappa shape index (κ2) is 7.49. The molecule has 8 heteroatoms. The molecule has 0 saturated carbocycles. The summed E-state index contributed by atoms with van der Waals surface area (Å²) in [5.41, 5.74) is 5.65. The van der Waals surface area contributed by atoms with E-state index < -0.39 is 5.91 Å². The number of nitrogens with one attached hydrogen (secondary N) is 2. The molecule has 2 rings (SSSR count). The van der Waals surface area contributed by atoms with Crippen molar-refractivity contribution < 1.29 is 9.59 Å². The van der Waals surface area contributed by atoms with Crippen LogP contribution in [0.4, 0.5) is 0 Å². The Kier molecular flexibility index (Phi) is 5.93. The van der Waals surface area contributed by atoms with Gasteiger partial charge in [0.1, 0.15) is 0 Å². The second-order valence-corrected chi connectivity index (χ2v) is 7.09. The number of amides is 2. The molecule has 0 saturated heterocycles. The van der Waals surface area contributed by atoms with Crippen LogP contribution in [0.3, 0.4) is 0 Å². The lowest BCUT2D eigenvalue weighted by Gasteiger charge is -2.10. The Balaban J connectivity index is 2.08. The number of nitrogens with zero attached hydrogens (tertiary/aromatic N) is 1. The fourth-order valence-electron chi connectivity index (χ4n) is 1.48. The summed E-state index contributed by atoms with van der Waals surface area (Å²) < 4.78 is 2.55. The lowest BCUT2D eigenvalue weighted by molar-refractivity contribution is 0.0846. The summed E-state index contributed by atoms with van der Waals surface area (Å²) in [4.78, 5) is 27.8. The van der Waals surface area contributed by atoms with E-state index >= 15 is 0 Å². The first kappa shape index (κ1) is 16.6. The molecule has 0 aliphatic carbocycles. The molecule has 5 nitrogen and oxygen atoms in total. The Bertz CT molecular complexity index is 695.